The highest BCUT2D eigenvalue weighted by molar-refractivity contribution is 6.07. The molecule has 1 aromatic heterocycles. The van der Waals surface area contributed by atoms with Gasteiger partial charge in [0.05, 0.1) is 6.54 Å². The third-order valence-electron chi connectivity index (χ3n) is 4.42. The molecule has 1 aliphatic rings. The van der Waals surface area contributed by atoms with Crippen molar-refractivity contribution in [2.75, 3.05) is 6.54 Å². The van der Waals surface area contributed by atoms with Gasteiger partial charge in [-0.3, -0.25) is 4.79 Å². The smallest absolute Gasteiger partial charge is 0.228 e. The zero-order chi connectivity index (χ0) is 17.1. The van der Waals surface area contributed by atoms with Gasteiger partial charge in [-0.25, -0.2) is 0 Å². The van der Waals surface area contributed by atoms with E-state index in [1.807, 2.05) is 54.6 Å². The maximum Gasteiger partial charge on any atom is 0.228 e. The standard InChI is InChI=1S/C22H19NO2/c24-22(20-14-19-12-13-23-15-21(19)25-20)18-10-8-17(9-11-18)7-6-16-4-2-1-3-5-16/h1-11,14,23H,12-13,15H2. The Morgan fingerprint density at radius 2 is 1.68 bits per heavy atom. The molecule has 0 radical (unpaired) electrons. The Kier molecular flexibility index (Phi) is 4.32. The Morgan fingerprint density at radius 1 is 0.960 bits per heavy atom. The van der Waals surface area contributed by atoms with E-state index < -0.39 is 0 Å². The van der Waals surface area contributed by atoms with Crippen molar-refractivity contribution < 1.29 is 9.21 Å². The molecule has 2 heterocycles. The third-order valence-corrected chi connectivity index (χ3v) is 4.42. The Hall–Kier alpha value is -2.91. The van der Waals surface area contributed by atoms with Crippen molar-refractivity contribution in [3.05, 3.63) is 94.4 Å². The summed E-state index contributed by atoms with van der Waals surface area (Å²) in [6.07, 6.45) is 5.01. The first-order chi connectivity index (χ1) is 12.3. The molecule has 2 aromatic carbocycles. The number of ketones is 1. The second-order valence-electron chi connectivity index (χ2n) is 6.18. The minimum absolute atomic E-state index is 0.0620. The topological polar surface area (TPSA) is 42.2 Å². The summed E-state index contributed by atoms with van der Waals surface area (Å²) in [4.78, 5) is 12.6. The summed E-state index contributed by atoms with van der Waals surface area (Å²) in [5.41, 5.74) is 4.00. The molecule has 3 aromatic rings. The molecular formula is C22H19NO2. The number of benzene rings is 2. The predicted octanol–water partition coefficient (Wildman–Crippen LogP) is 4.33. The molecule has 4 rings (SSSR count). The molecule has 3 nitrogen and oxygen atoms in total. The van der Waals surface area contributed by atoms with Crippen LogP contribution in [-0.2, 0) is 13.0 Å². The molecule has 0 unspecified atom stereocenters. The molecule has 0 fully saturated rings. The molecule has 0 bridgehead atoms. The van der Waals surface area contributed by atoms with Crippen LogP contribution in [-0.4, -0.2) is 12.3 Å². The van der Waals surface area contributed by atoms with Gasteiger partial charge in [-0.1, -0.05) is 66.7 Å². The number of hydrogen-bond donors (Lipinski definition) is 1. The predicted molar refractivity (Wildman–Crippen MR) is 99.4 cm³/mol. The van der Waals surface area contributed by atoms with Crippen molar-refractivity contribution in [2.45, 2.75) is 13.0 Å². The Morgan fingerprint density at radius 3 is 2.40 bits per heavy atom. The number of hydrogen-bond acceptors (Lipinski definition) is 3. The lowest BCUT2D eigenvalue weighted by Crippen LogP contribution is -2.22. The van der Waals surface area contributed by atoms with Gasteiger partial charge in [0.15, 0.2) is 5.76 Å². The van der Waals surface area contributed by atoms with Gasteiger partial charge in [0.25, 0.3) is 0 Å². The van der Waals surface area contributed by atoms with Crippen LogP contribution in [0.3, 0.4) is 0 Å². The van der Waals surface area contributed by atoms with Crippen molar-refractivity contribution in [3.63, 3.8) is 0 Å². The number of carbonyl (C=O) groups is 1. The summed E-state index contributed by atoms with van der Waals surface area (Å²) in [6.45, 7) is 1.63. The molecule has 0 amide bonds. The van der Waals surface area contributed by atoms with Crippen LogP contribution < -0.4 is 5.32 Å². The van der Waals surface area contributed by atoms with Crippen LogP contribution in [0.2, 0.25) is 0 Å². The van der Waals surface area contributed by atoms with Crippen LogP contribution in [0.15, 0.2) is 65.1 Å². The quantitative estimate of drug-likeness (QED) is 0.572. The second kappa shape index (κ2) is 6.91. The van der Waals surface area contributed by atoms with E-state index >= 15 is 0 Å². The van der Waals surface area contributed by atoms with Crippen molar-refractivity contribution in [3.8, 4) is 0 Å². The molecule has 124 valence electrons. The molecule has 1 N–H and O–H groups in total. The second-order valence-corrected chi connectivity index (χ2v) is 6.18. The number of furan rings is 1. The van der Waals surface area contributed by atoms with Gasteiger partial charge in [-0.2, -0.15) is 0 Å². The van der Waals surface area contributed by atoms with Gasteiger partial charge in [0.2, 0.25) is 5.78 Å². The van der Waals surface area contributed by atoms with Gasteiger partial charge in [-0.15, -0.1) is 0 Å². The molecule has 25 heavy (non-hydrogen) atoms. The van der Waals surface area contributed by atoms with Crippen LogP contribution in [0.4, 0.5) is 0 Å². The molecule has 0 saturated carbocycles. The molecule has 0 spiro atoms. The molecule has 0 atom stereocenters. The summed E-state index contributed by atoms with van der Waals surface area (Å²) < 4.78 is 5.73. The third kappa shape index (κ3) is 3.47. The fourth-order valence-electron chi connectivity index (χ4n) is 3.01. The van der Waals surface area contributed by atoms with Crippen molar-refractivity contribution >= 4 is 17.9 Å². The van der Waals surface area contributed by atoms with E-state index in [4.69, 9.17) is 4.42 Å². The normalized spacial score (nSPS) is 13.8. The minimum atomic E-state index is -0.0620. The Bertz CT molecular complexity index is 881. The zero-order valence-electron chi connectivity index (χ0n) is 13.9. The SMILES string of the molecule is O=C(c1ccc(C=Cc2ccccc2)cc1)c1cc2c(o1)CNCC2. The first kappa shape index (κ1) is 15.6. The molecule has 1 aliphatic heterocycles. The minimum Gasteiger partial charge on any atom is -0.456 e. The average Bonchev–Trinajstić information content (AvgIpc) is 3.11. The lowest BCUT2D eigenvalue weighted by molar-refractivity contribution is 0.101. The van der Waals surface area contributed by atoms with E-state index in [1.54, 1.807) is 0 Å². The van der Waals surface area contributed by atoms with E-state index in [2.05, 4.69) is 23.5 Å². The Balaban J connectivity index is 1.50. The van der Waals surface area contributed by atoms with Crippen molar-refractivity contribution in [1.82, 2.24) is 5.32 Å². The maximum atomic E-state index is 12.6. The van der Waals surface area contributed by atoms with Crippen LogP contribution in [0, 0.1) is 0 Å². The van der Waals surface area contributed by atoms with Crippen molar-refractivity contribution in [2.24, 2.45) is 0 Å². The van der Waals surface area contributed by atoms with Gasteiger partial charge >= 0.3 is 0 Å². The lowest BCUT2D eigenvalue weighted by Gasteiger charge is -2.09. The van der Waals surface area contributed by atoms with E-state index in [0.717, 1.165) is 35.4 Å². The van der Waals surface area contributed by atoms with Gasteiger partial charge in [-0.05, 0) is 35.7 Å². The zero-order valence-corrected chi connectivity index (χ0v) is 13.9. The molecule has 3 heteroatoms. The summed E-state index contributed by atoms with van der Waals surface area (Å²) in [7, 11) is 0. The monoisotopic (exact) mass is 329 g/mol. The molecule has 0 saturated heterocycles. The first-order valence-corrected chi connectivity index (χ1v) is 8.50. The fraction of sp³-hybridized carbons (Fsp3) is 0.136. The Labute approximate surface area is 147 Å². The number of rotatable bonds is 4. The van der Waals surface area contributed by atoms with E-state index in [-0.39, 0.29) is 5.78 Å². The van der Waals surface area contributed by atoms with Crippen LogP contribution in [0.1, 0.15) is 38.6 Å². The largest absolute Gasteiger partial charge is 0.456 e. The summed E-state index contributed by atoms with van der Waals surface area (Å²) in [5, 5.41) is 3.26. The maximum absolute atomic E-state index is 12.6. The lowest BCUT2D eigenvalue weighted by atomic mass is 10.0. The van der Waals surface area contributed by atoms with Gasteiger partial charge < -0.3 is 9.73 Å². The number of fused-ring (bicyclic) bond motifs is 1. The van der Waals surface area contributed by atoms with Crippen molar-refractivity contribution in [1.29, 1.82) is 0 Å². The van der Waals surface area contributed by atoms with Gasteiger partial charge in [0, 0.05) is 5.56 Å². The van der Waals surface area contributed by atoms with E-state index in [9.17, 15) is 4.79 Å². The summed E-state index contributed by atoms with van der Waals surface area (Å²) in [6, 6.07) is 19.7. The van der Waals surface area contributed by atoms with E-state index in [1.165, 1.54) is 0 Å². The fourth-order valence-corrected chi connectivity index (χ4v) is 3.01. The summed E-state index contributed by atoms with van der Waals surface area (Å²) in [5.74, 6) is 1.26. The summed E-state index contributed by atoms with van der Waals surface area (Å²) >= 11 is 0. The molecular weight excluding hydrogens is 310 g/mol. The van der Waals surface area contributed by atoms with E-state index in [0.29, 0.717) is 17.9 Å². The van der Waals surface area contributed by atoms with Crippen LogP contribution >= 0.6 is 0 Å². The highest BCUT2D eigenvalue weighted by atomic mass is 16.3. The van der Waals surface area contributed by atoms with Gasteiger partial charge in [0.1, 0.15) is 5.76 Å². The first-order valence-electron chi connectivity index (χ1n) is 8.50. The highest BCUT2D eigenvalue weighted by Crippen LogP contribution is 2.21. The van der Waals surface area contributed by atoms with Crippen LogP contribution in [0.25, 0.3) is 12.2 Å². The highest BCUT2D eigenvalue weighted by Gasteiger charge is 2.19. The number of nitrogens with one attached hydrogen (secondary N) is 1. The number of carbonyl (C=O) groups excluding carboxylic acids is 1. The molecule has 0 aliphatic carbocycles. The average molecular weight is 329 g/mol. The van der Waals surface area contributed by atoms with Crippen LogP contribution in [0.5, 0.6) is 0 Å².